The van der Waals surface area contributed by atoms with Crippen molar-refractivity contribution in [3.63, 3.8) is 0 Å². The van der Waals surface area contributed by atoms with Gasteiger partial charge < -0.3 is 14.4 Å². The molecule has 176 valence electrons. The number of rotatable bonds is 4. The summed E-state index contributed by atoms with van der Waals surface area (Å²) in [6.45, 7) is 0.348. The van der Waals surface area contributed by atoms with Gasteiger partial charge in [-0.3, -0.25) is 4.79 Å². The number of piperidine rings is 1. The number of anilines is 1. The first-order valence-electron chi connectivity index (χ1n) is 10.3. The Hall–Kier alpha value is -2.33. The van der Waals surface area contributed by atoms with Crippen LogP contribution in [-0.2, 0) is 24.3 Å². The maximum Gasteiger partial charge on any atom is 0.348 e. The minimum Gasteiger partial charge on any atom is -0.475 e. The van der Waals surface area contributed by atoms with Crippen molar-refractivity contribution in [2.75, 3.05) is 31.6 Å². The highest BCUT2D eigenvalue weighted by molar-refractivity contribution is 7.89. The summed E-state index contributed by atoms with van der Waals surface area (Å²) in [5.41, 5.74) is 0.573. The van der Waals surface area contributed by atoms with E-state index in [-0.39, 0.29) is 40.5 Å². The van der Waals surface area contributed by atoms with E-state index < -0.39 is 28.0 Å². The summed E-state index contributed by atoms with van der Waals surface area (Å²) in [5.74, 6) is -0.738. The number of carbonyl (C=O) groups is 2. The first-order valence-corrected chi connectivity index (χ1v) is 12.5. The third kappa shape index (κ3) is 4.68. The fraction of sp³-hybridized carbons (Fsp3) is 0.364. The van der Waals surface area contributed by atoms with Gasteiger partial charge in [0.25, 0.3) is 0 Å². The molecule has 2 aromatic rings. The molecule has 0 bridgehead atoms. The van der Waals surface area contributed by atoms with Crippen molar-refractivity contribution >= 4 is 50.8 Å². The first kappa shape index (κ1) is 23.8. The molecule has 2 aliphatic heterocycles. The summed E-state index contributed by atoms with van der Waals surface area (Å²) in [7, 11) is -2.59. The van der Waals surface area contributed by atoms with E-state index in [1.807, 2.05) is 0 Å². The molecule has 4 rings (SSSR count). The molecule has 2 aromatic carbocycles. The van der Waals surface area contributed by atoms with Crippen LogP contribution in [0.3, 0.4) is 0 Å². The minimum absolute atomic E-state index is 0.0269. The smallest absolute Gasteiger partial charge is 0.348 e. The van der Waals surface area contributed by atoms with Gasteiger partial charge in [0.05, 0.1) is 24.4 Å². The molecule has 2 aliphatic rings. The zero-order valence-electron chi connectivity index (χ0n) is 17.7. The molecule has 1 fully saturated rings. The van der Waals surface area contributed by atoms with Gasteiger partial charge in [0.1, 0.15) is 10.6 Å². The van der Waals surface area contributed by atoms with Crippen molar-refractivity contribution in [2.24, 2.45) is 5.92 Å². The van der Waals surface area contributed by atoms with E-state index >= 15 is 0 Å². The summed E-state index contributed by atoms with van der Waals surface area (Å²) in [5, 5.41) is 0.366. The highest BCUT2D eigenvalue weighted by Crippen LogP contribution is 2.36. The Balaban J connectivity index is 1.50. The predicted octanol–water partition coefficient (Wildman–Crippen LogP) is 3.36. The lowest BCUT2D eigenvalue weighted by Gasteiger charge is -2.37. The molecule has 1 amide bonds. The minimum atomic E-state index is -3.85. The molecule has 0 aliphatic carbocycles. The van der Waals surface area contributed by atoms with Gasteiger partial charge in [-0.15, -0.1) is 0 Å². The normalized spacial score (nSPS) is 19.5. The summed E-state index contributed by atoms with van der Waals surface area (Å²) in [6.07, 6.45) is -0.267. The number of amides is 1. The lowest BCUT2D eigenvalue weighted by molar-refractivity contribution is -0.148. The van der Waals surface area contributed by atoms with E-state index in [9.17, 15) is 18.0 Å². The second-order valence-corrected chi connectivity index (χ2v) is 10.5. The number of hydrogen-bond acceptors (Lipinski definition) is 6. The van der Waals surface area contributed by atoms with Crippen molar-refractivity contribution < 1.29 is 27.5 Å². The number of esters is 1. The molecule has 0 radical (unpaired) electrons. The molecule has 0 saturated carbocycles. The van der Waals surface area contributed by atoms with Gasteiger partial charge in [-0.05, 0) is 43.2 Å². The van der Waals surface area contributed by atoms with Crippen LogP contribution in [0.5, 0.6) is 5.75 Å². The number of fused-ring (bicyclic) bond motifs is 1. The number of methoxy groups -OCH3 is 1. The number of ether oxygens (including phenoxy) is 2. The van der Waals surface area contributed by atoms with E-state index in [2.05, 4.69) is 0 Å². The highest BCUT2D eigenvalue weighted by atomic mass is 35.5. The molecular formula is C22H22Cl2N2O6S. The van der Waals surface area contributed by atoms with Gasteiger partial charge in [0.2, 0.25) is 22.0 Å². The van der Waals surface area contributed by atoms with Crippen LogP contribution >= 0.6 is 23.2 Å². The van der Waals surface area contributed by atoms with Crippen LogP contribution < -0.4 is 9.64 Å². The molecule has 33 heavy (non-hydrogen) atoms. The maximum atomic E-state index is 13.4. The number of carbonyl (C=O) groups excluding carboxylic acids is 2. The van der Waals surface area contributed by atoms with Gasteiger partial charge in [-0.25, -0.2) is 13.2 Å². The van der Waals surface area contributed by atoms with Crippen LogP contribution in [0.15, 0.2) is 47.4 Å². The molecule has 1 saturated heterocycles. The Labute approximate surface area is 202 Å². The molecule has 8 nitrogen and oxygen atoms in total. The molecule has 1 atom stereocenters. The average Bonchev–Trinajstić information content (AvgIpc) is 2.83. The van der Waals surface area contributed by atoms with Crippen LogP contribution in [0.2, 0.25) is 10.0 Å². The van der Waals surface area contributed by atoms with Crippen molar-refractivity contribution in [1.29, 1.82) is 0 Å². The lowest BCUT2D eigenvalue weighted by atomic mass is 9.95. The third-order valence-electron chi connectivity index (χ3n) is 5.82. The second-order valence-electron chi connectivity index (χ2n) is 7.80. The van der Waals surface area contributed by atoms with Gasteiger partial charge in [0, 0.05) is 24.0 Å². The van der Waals surface area contributed by atoms with Crippen molar-refractivity contribution in [3.8, 4) is 5.75 Å². The number of hydrogen-bond donors (Lipinski definition) is 0. The highest BCUT2D eigenvalue weighted by Gasteiger charge is 2.39. The summed E-state index contributed by atoms with van der Waals surface area (Å²) in [4.78, 5) is 27.0. The van der Waals surface area contributed by atoms with Gasteiger partial charge in [-0.2, -0.15) is 4.31 Å². The van der Waals surface area contributed by atoms with Crippen LogP contribution in [0, 0.1) is 5.92 Å². The molecule has 0 spiro atoms. The number of halogens is 2. The average molecular weight is 513 g/mol. The molecule has 11 heteroatoms. The Kier molecular flexibility index (Phi) is 6.86. The number of benzene rings is 2. The van der Waals surface area contributed by atoms with Crippen LogP contribution in [-0.4, -0.2) is 57.4 Å². The van der Waals surface area contributed by atoms with Crippen LogP contribution in [0.25, 0.3) is 0 Å². The maximum absolute atomic E-state index is 13.4. The Bertz CT molecular complexity index is 1180. The first-order chi connectivity index (χ1) is 15.7. The topological polar surface area (TPSA) is 93.2 Å². The van der Waals surface area contributed by atoms with Gasteiger partial charge in [0.15, 0.2) is 0 Å². The number of sulfonamides is 1. The zero-order valence-corrected chi connectivity index (χ0v) is 20.1. The fourth-order valence-corrected chi connectivity index (χ4v) is 6.28. The van der Waals surface area contributed by atoms with Gasteiger partial charge >= 0.3 is 5.97 Å². The predicted molar refractivity (Wildman–Crippen MR) is 123 cm³/mol. The van der Waals surface area contributed by atoms with Crippen molar-refractivity contribution in [1.82, 2.24) is 4.31 Å². The largest absolute Gasteiger partial charge is 0.475 e. The Morgan fingerprint density at radius 3 is 2.48 bits per heavy atom. The molecule has 0 unspecified atom stereocenters. The number of para-hydroxylation sites is 2. The van der Waals surface area contributed by atoms with E-state index in [4.69, 9.17) is 32.7 Å². The number of nitrogens with zero attached hydrogens (tertiary/aromatic N) is 2. The van der Waals surface area contributed by atoms with Crippen LogP contribution in [0.4, 0.5) is 5.69 Å². The Morgan fingerprint density at radius 2 is 1.79 bits per heavy atom. The van der Waals surface area contributed by atoms with E-state index in [0.717, 1.165) is 0 Å². The van der Waals surface area contributed by atoms with E-state index in [1.54, 1.807) is 24.3 Å². The zero-order chi connectivity index (χ0) is 23.8. The van der Waals surface area contributed by atoms with Crippen LogP contribution in [0.1, 0.15) is 12.8 Å². The molecular weight excluding hydrogens is 491 g/mol. The second kappa shape index (κ2) is 9.50. The van der Waals surface area contributed by atoms with Gasteiger partial charge in [-0.1, -0.05) is 35.3 Å². The van der Waals surface area contributed by atoms with Crippen molar-refractivity contribution in [3.05, 3.63) is 52.5 Å². The quantitative estimate of drug-likeness (QED) is 0.583. The van der Waals surface area contributed by atoms with E-state index in [0.29, 0.717) is 24.3 Å². The third-order valence-corrected chi connectivity index (χ3v) is 8.43. The summed E-state index contributed by atoms with van der Waals surface area (Å²) >= 11 is 12.1. The monoisotopic (exact) mass is 512 g/mol. The standard InChI is InChI=1S/C22H22Cl2N2O6S/c1-31-22(28)19-13-26(17-4-2-3-5-18(17)32-19)21(27)14-8-10-25(11-9-14)33(29,30)20-12-15(23)6-7-16(20)24/h2-7,12,14,19H,8-11,13H2,1H3/t19-/m1/s1. The molecule has 0 aromatic heterocycles. The van der Waals surface area contributed by atoms with E-state index in [1.165, 1.54) is 34.5 Å². The SMILES string of the molecule is COC(=O)[C@H]1CN(C(=O)C2CCN(S(=O)(=O)c3cc(Cl)ccc3Cl)CC2)c2ccccc2O1. The fourth-order valence-electron chi connectivity index (χ4n) is 4.07. The Morgan fingerprint density at radius 1 is 1.09 bits per heavy atom. The lowest BCUT2D eigenvalue weighted by Crippen LogP contribution is -2.51. The van der Waals surface area contributed by atoms with Crippen molar-refractivity contribution in [2.45, 2.75) is 23.8 Å². The summed E-state index contributed by atoms with van der Waals surface area (Å²) < 4.78 is 38.0. The molecule has 0 N–H and O–H groups in total. The molecule has 2 heterocycles. The summed E-state index contributed by atoms with van der Waals surface area (Å²) in [6, 6.07) is 11.3.